The Morgan fingerprint density at radius 1 is 0.750 bits per heavy atom. The monoisotopic (exact) mass is 472 g/mol. The Morgan fingerprint density at radius 2 is 1.12 bits per heavy atom. The summed E-state index contributed by atoms with van der Waals surface area (Å²) in [6.07, 6.45) is 0. The summed E-state index contributed by atoms with van der Waals surface area (Å²) in [4.78, 5) is 43.9. The Balaban J connectivity index is 1.01. The number of thiophene rings is 2. The molecule has 0 N–H and O–H groups in total. The van der Waals surface area contributed by atoms with Gasteiger partial charge < -0.3 is 19.3 Å². The van der Waals surface area contributed by atoms with Crippen LogP contribution in [-0.4, -0.2) is 67.8 Å². The summed E-state index contributed by atoms with van der Waals surface area (Å²) in [7, 11) is 3.21. The van der Waals surface area contributed by atoms with Gasteiger partial charge in [0.1, 0.15) is 11.5 Å². The Hall–Kier alpha value is -2.39. The molecular weight excluding hydrogens is 448 g/mol. The van der Waals surface area contributed by atoms with Crippen LogP contribution in [-0.2, 0) is 0 Å². The van der Waals surface area contributed by atoms with E-state index in [9.17, 15) is 14.4 Å². The second-order valence-electron chi connectivity index (χ2n) is 9.23. The molecule has 9 heteroatoms. The summed E-state index contributed by atoms with van der Waals surface area (Å²) in [6.45, 7) is 2.63. The van der Waals surface area contributed by atoms with E-state index >= 15 is 0 Å². The number of ketones is 2. The molecule has 7 nitrogen and oxygen atoms in total. The number of methoxy groups -OCH3 is 2. The quantitative estimate of drug-likeness (QED) is 0.603. The van der Waals surface area contributed by atoms with Crippen molar-refractivity contribution in [3.8, 4) is 11.5 Å². The first-order valence-electron chi connectivity index (χ1n) is 10.9. The maximum Gasteiger partial charge on any atom is 0.320 e. The number of carbonyl (C=O) groups excluding carboxylic acids is 3. The van der Waals surface area contributed by atoms with Gasteiger partial charge >= 0.3 is 6.03 Å². The molecule has 4 aliphatic rings. The van der Waals surface area contributed by atoms with Gasteiger partial charge in [0.05, 0.1) is 24.0 Å². The van der Waals surface area contributed by atoms with Crippen molar-refractivity contribution in [2.75, 3.05) is 40.4 Å². The Kier molecular flexibility index (Phi) is 4.62. The maximum atomic E-state index is 13.0. The van der Waals surface area contributed by atoms with Crippen LogP contribution in [0.1, 0.15) is 19.3 Å². The second kappa shape index (κ2) is 7.31. The van der Waals surface area contributed by atoms with Gasteiger partial charge in [0.15, 0.2) is 11.6 Å². The number of hydrogen-bond acceptors (Lipinski definition) is 7. The fraction of sp³-hybridized carbons (Fsp3) is 0.522. The van der Waals surface area contributed by atoms with E-state index in [4.69, 9.17) is 9.47 Å². The van der Waals surface area contributed by atoms with Gasteiger partial charge in [0.2, 0.25) is 0 Å². The van der Waals surface area contributed by atoms with E-state index in [0.29, 0.717) is 26.2 Å². The van der Waals surface area contributed by atoms with Crippen molar-refractivity contribution >= 4 is 40.3 Å². The highest BCUT2D eigenvalue weighted by atomic mass is 32.1. The molecule has 4 heterocycles. The van der Waals surface area contributed by atoms with Crippen LogP contribution in [0.4, 0.5) is 4.79 Å². The smallest absolute Gasteiger partial charge is 0.320 e. The lowest BCUT2D eigenvalue weighted by atomic mass is 10.1. The van der Waals surface area contributed by atoms with Crippen molar-refractivity contribution in [3.63, 3.8) is 0 Å². The van der Waals surface area contributed by atoms with Crippen LogP contribution >= 0.6 is 22.7 Å². The molecule has 4 fully saturated rings. The number of Topliss-reactive ketones (excluding diaryl/α,β-unsaturated/α-hetero) is 2. The molecule has 2 saturated carbocycles. The summed E-state index contributed by atoms with van der Waals surface area (Å²) < 4.78 is 10.4. The van der Waals surface area contributed by atoms with Crippen molar-refractivity contribution < 1.29 is 23.9 Å². The summed E-state index contributed by atoms with van der Waals surface area (Å²) in [5.74, 6) is 3.02. The van der Waals surface area contributed by atoms with E-state index in [1.807, 2.05) is 32.7 Å². The molecule has 2 aliphatic heterocycles. The van der Waals surface area contributed by atoms with Crippen LogP contribution in [0.15, 0.2) is 22.9 Å². The molecule has 6 atom stereocenters. The topological polar surface area (TPSA) is 76.2 Å². The van der Waals surface area contributed by atoms with E-state index < -0.39 is 0 Å². The summed E-state index contributed by atoms with van der Waals surface area (Å²) >= 11 is 2.86. The van der Waals surface area contributed by atoms with E-state index in [2.05, 4.69) is 0 Å². The van der Waals surface area contributed by atoms with E-state index in [1.165, 1.54) is 22.7 Å². The highest BCUT2D eigenvalue weighted by Gasteiger charge is 2.63. The number of carbonyl (C=O) groups is 3. The molecule has 0 spiro atoms. The zero-order chi connectivity index (χ0) is 22.1. The standard InChI is InChI=1S/C23H24N2O5S2/c1-29-11-3-17(31-9-11)21(26)19-13-5-24(6-14(13)19)23(28)25-7-15-16(8-25)20(15)22(27)18-4-12(30-2)10-32-18/h3-4,9-10,13-16,19-20H,5-8H2,1-2H3/t13-,14+,15-,16+,19?,20?. The molecule has 6 rings (SSSR count). The summed E-state index contributed by atoms with van der Waals surface area (Å²) in [5, 5.41) is 3.71. The number of rotatable bonds is 6. The lowest BCUT2D eigenvalue weighted by molar-refractivity contribution is 0.0938. The molecule has 2 aromatic rings. The number of likely N-dealkylation sites (tertiary alicyclic amines) is 2. The SMILES string of the molecule is COc1csc(C(=O)C2[C@H]3CN(C(=O)N4C[C@@H]5C(C(=O)c6cc(OC)cs6)[C@@H]5C4)C[C@@H]23)c1. The molecule has 2 unspecified atom stereocenters. The first-order chi connectivity index (χ1) is 15.5. The van der Waals surface area contributed by atoms with Crippen molar-refractivity contribution in [1.82, 2.24) is 9.80 Å². The van der Waals surface area contributed by atoms with Gasteiger partial charge in [-0.3, -0.25) is 9.59 Å². The largest absolute Gasteiger partial charge is 0.496 e. The highest BCUT2D eigenvalue weighted by molar-refractivity contribution is 7.12. The van der Waals surface area contributed by atoms with Gasteiger partial charge in [0.25, 0.3) is 0 Å². The van der Waals surface area contributed by atoms with Crippen molar-refractivity contribution in [2.45, 2.75) is 0 Å². The van der Waals surface area contributed by atoms with Gasteiger partial charge in [-0.25, -0.2) is 4.79 Å². The van der Waals surface area contributed by atoms with Gasteiger partial charge in [-0.2, -0.15) is 0 Å². The van der Waals surface area contributed by atoms with Crippen molar-refractivity contribution in [1.29, 1.82) is 0 Å². The van der Waals surface area contributed by atoms with Gasteiger partial charge in [-0.05, 0) is 23.7 Å². The van der Waals surface area contributed by atoms with Crippen molar-refractivity contribution in [2.24, 2.45) is 35.5 Å². The van der Waals surface area contributed by atoms with Crippen LogP contribution < -0.4 is 9.47 Å². The zero-order valence-electron chi connectivity index (χ0n) is 17.9. The number of hydrogen-bond donors (Lipinski definition) is 0. The van der Waals surface area contributed by atoms with Gasteiger partial charge in [-0.15, -0.1) is 22.7 Å². The second-order valence-corrected chi connectivity index (χ2v) is 11.1. The number of fused-ring (bicyclic) bond motifs is 2. The first kappa shape index (κ1) is 20.2. The fourth-order valence-corrected chi connectivity index (χ4v) is 7.47. The molecule has 2 saturated heterocycles. The number of ether oxygens (including phenoxy) is 2. The molecule has 0 aromatic carbocycles. The maximum absolute atomic E-state index is 13.0. The number of amides is 2. The molecule has 2 aliphatic carbocycles. The third kappa shape index (κ3) is 3.08. The minimum Gasteiger partial charge on any atom is -0.496 e. The van der Waals surface area contributed by atoms with E-state index in [0.717, 1.165) is 21.3 Å². The first-order valence-corrected chi connectivity index (χ1v) is 12.6. The normalized spacial score (nSPS) is 31.8. The Morgan fingerprint density at radius 3 is 1.44 bits per heavy atom. The van der Waals surface area contributed by atoms with Crippen molar-refractivity contribution in [3.05, 3.63) is 32.6 Å². The predicted octanol–water partition coefficient (Wildman–Crippen LogP) is 3.37. The average Bonchev–Trinajstić information content (AvgIpc) is 3.33. The van der Waals surface area contributed by atoms with Gasteiger partial charge in [0, 0.05) is 60.9 Å². The van der Waals surface area contributed by atoms with E-state index in [-0.39, 0.29) is 53.1 Å². The fourth-order valence-electron chi connectivity index (χ4n) is 5.78. The zero-order valence-corrected chi connectivity index (χ0v) is 19.5. The minimum atomic E-state index is 0.0409. The molecule has 2 aromatic heterocycles. The number of urea groups is 1. The molecule has 168 valence electrons. The molecular formula is C23H24N2O5S2. The van der Waals surface area contributed by atoms with E-state index in [1.54, 1.807) is 14.2 Å². The molecule has 0 radical (unpaired) electrons. The van der Waals surface area contributed by atoms with Gasteiger partial charge in [-0.1, -0.05) is 0 Å². The van der Waals surface area contributed by atoms with Crippen LogP contribution in [0, 0.1) is 35.5 Å². The minimum absolute atomic E-state index is 0.0409. The van der Waals surface area contributed by atoms with Crippen LogP contribution in [0.5, 0.6) is 11.5 Å². The lowest BCUT2D eigenvalue weighted by Gasteiger charge is -2.27. The predicted molar refractivity (Wildman–Crippen MR) is 120 cm³/mol. The third-order valence-electron chi connectivity index (χ3n) is 7.64. The summed E-state index contributed by atoms with van der Waals surface area (Å²) in [6, 6.07) is 3.69. The average molecular weight is 473 g/mol. The van der Waals surface area contributed by atoms with Crippen LogP contribution in [0.2, 0.25) is 0 Å². The lowest BCUT2D eigenvalue weighted by Crippen LogP contribution is -2.44. The molecule has 2 amide bonds. The van der Waals surface area contributed by atoms with Crippen LogP contribution in [0.25, 0.3) is 0 Å². The molecule has 0 bridgehead atoms. The molecule has 32 heavy (non-hydrogen) atoms. The summed E-state index contributed by atoms with van der Waals surface area (Å²) in [5.41, 5.74) is 0. The third-order valence-corrected chi connectivity index (χ3v) is 9.49. The number of nitrogens with zero attached hydrogens (tertiary/aromatic N) is 2. The Labute approximate surface area is 193 Å². The van der Waals surface area contributed by atoms with Crippen LogP contribution in [0.3, 0.4) is 0 Å². The number of piperidine rings is 2. The Bertz CT molecular complexity index is 1000. The highest BCUT2D eigenvalue weighted by Crippen LogP contribution is 2.56.